The summed E-state index contributed by atoms with van der Waals surface area (Å²) >= 11 is 0. The smallest absolute Gasteiger partial charge is 0.119 e. The van der Waals surface area contributed by atoms with E-state index in [9.17, 15) is 5.11 Å². The summed E-state index contributed by atoms with van der Waals surface area (Å²) in [7, 11) is 0. The minimum absolute atomic E-state index is 0.135. The van der Waals surface area contributed by atoms with Crippen molar-refractivity contribution in [1.82, 2.24) is 9.80 Å². The van der Waals surface area contributed by atoms with Gasteiger partial charge in [-0.3, -0.25) is 9.80 Å². The number of aliphatic hydroxyl groups excluding tert-OH is 2. The van der Waals surface area contributed by atoms with Gasteiger partial charge in [0.1, 0.15) is 18.5 Å². The molecule has 1 atom stereocenters. The van der Waals surface area contributed by atoms with Gasteiger partial charge in [0.2, 0.25) is 0 Å². The minimum atomic E-state index is -0.489. The Bertz CT molecular complexity index is 476. The molecule has 24 heavy (non-hydrogen) atoms. The highest BCUT2D eigenvalue weighted by atomic mass is 16.5. The molecule has 0 aliphatic carbocycles. The summed E-state index contributed by atoms with van der Waals surface area (Å²) in [6, 6.07) is 8.12. The molecule has 5 nitrogen and oxygen atoms in total. The fourth-order valence-electron chi connectivity index (χ4n) is 2.93. The average Bonchev–Trinajstić information content (AvgIpc) is 2.55. The van der Waals surface area contributed by atoms with E-state index in [0.29, 0.717) is 13.2 Å². The lowest BCUT2D eigenvalue weighted by molar-refractivity contribution is 0.0428. The topological polar surface area (TPSA) is 56.2 Å². The lowest BCUT2D eigenvalue weighted by atomic mass is 9.87. The van der Waals surface area contributed by atoms with Gasteiger partial charge in [0.05, 0.1) is 6.61 Å². The van der Waals surface area contributed by atoms with Crippen LogP contribution in [0, 0.1) is 0 Å². The first-order chi connectivity index (χ1) is 11.4. The van der Waals surface area contributed by atoms with Crippen molar-refractivity contribution in [2.24, 2.45) is 0 Å². The van der Waals surface area contributed by atoms with Crippen molar-refractivity contribution in [3.05, 3.63) is 29.8 Å². The number of ether oxygens (including phenoxy) is 1. The Morgan fingerprint density at radius 3 is 2.17 bits per heavy atom. The molecule has 1 saturated heterocycles. The zero-order chi connectivity index (χ0) is 17.6. The molecule has 1 heterocycles. The second-order valence-corrected chi connectivity index (χ2v) is 7.61. The lowest BCUT2D eigenvalue weighted by Gasteiger charge is -2.35. The van der Waals surface area contributed by atoms with Crippen LogP contribution in [-0.4, -0.2) is 78.6 Å². The second-order valence-electron chi connectivity index (χ2n) is 7.61. The van der Waals surface area contributed by atoms with Gasteiger partial charge < -0.3 is 14.9 Å². The predicted molar refractivity (Wildman–Crippen MR) is 96.6 cm³/mol. The van der Waals surface area contributed by atoms with E-state index in [-0.39, 0.29) is 12.0 Å². The van der Waals surface area contributed by atoms with Crippen molar-refractivity contribution >= 4 is 0 Å². The van der Waals surface area contributed by atoms with Crippen molar-refractivity contribution < 1.29 is 14.9 Å². The van der Waals surface area contributed by atoms with Gasteiger partial charge >= 0.3 is 0 Å². The summed E-state index contributed by atoms with van der Waals surface area (Å²) < 4.78 is 5.72. The van der Waals surface area contributed by atoms with Crippen LogP contribution in [0.4, 0.5) is 0 Å². The van der Waals surface area contributed by atoms with Gasteiger partial charge in [-0.25, -0.2) is 0 Å². The number of nitrogens with zero attached hydrogens (tertiary/aromatic N) is 2. The average molecular weight is 336 g/mol. The Kier molecular flexibility index (Phi) is 7.04. The van der Waals surface area contributed by atoms with E-state index in [0.717, 1.165) is 38.5 Å². The van der Waals surface area contributed by atoms with Crippen LogP contribution in [0.5, 0.6) is 5.75 Å². The van der Waals surface area contributed by atoms with Crippen molar-refractivity contribution in [1.29, 1.82) is 0 Å². The van der Waals surface area contributed by atoms with Crippen LogP contribution < -0.4 is 4.74 Å². The molecule has 0 bridgehead atoms. The van der Waals surface area contributed by atoms with Crippen molar-refractivity contribution in [2.45, 2.75) is 32.3 Å². The molecule has 1 aliphatic rings. The molecule has 0 spiro atoms. The largest absolute Gasteiger partial charge is 0.491 e. The van der Waals surface area contributed by atoms with Crippen molar-refractivity contribution in [3.63, 3.8) is 0 Å². The first-order valence-electron chi connectivity index (χ1n) is 8.85. The molecule has 2 rings (SSSR count). The van der Waals surface area contributed by atoms with Crippen LogP contribution in [0.25, 0.3) is 0 Å². The number of benzene rings is 1. The molecular weight excluding hydrogens is 304 g/mol. The fourth-order valence-corrected chi connectivity index (χ4v) is 2.93. The summed E-state index contributed by atoms with van der Waals surface area (Å²) in [4.78, 5) is 4.50. The van der Waals surface area contributed by atoms with Crippen LogP contribution in [0.3, 0.4) is 0 Å². The van der Waals surface area contributed by atoms with Gasteiger partial charge in [-0.15, -0.1) is 0 Å². The van der Waals surface area contributed by atoms with Crippen molar-refractivity contribution in [3.8, 4) is 5.75 Å². The minimum Gasteiger partial charge on any atom is -0.491 e. The number of piperazine rings is 1. The van der Waals surface area contributed by atoms with Gasteiger partial charge in [-0.05, 0) is 23.1 Å². The molecule has 1 aliphatic heterocycles. The van der Waals surface area contributed by atoms with Gasteiger partial charge in [-0.1, -0.05) is 32.9 Å². The molecule has 0 aromatic heterocycles. The van der Waals surface area contributed by atoms with Gasteiger partial charge in [0.15, 0.2) is 0 Å². The van der Waals surface area contributed by atoms with E-state index in [2.05, 4.69) is 42.7 Å². The fraction of sp³-hybridized carbons (Fsp3) is 0.684. The first kappa shape index (κ1) is 19.2. The lowest BCUT2D eigenvalue weighted by Crippen LogP contribution is -2.49. The maximum Gasteiger partial charge on any atom is 0.119 e. The molecule has 0 saturated carbocycles. The molecule has 1 fully saturated rings. The van der Waals surface area contributed by atoms with Crippen LogP contribution in [0.1, 0.15) is 26.3 Å². The second kappa shape index (κ2) is 8.81. The van der Waals surface area contributed by atoms with E-state index in [1.54, 1.807) is 0 Å². The van der Waals surface area contributed by atoms with E-state index >= 15 is 0 Å². The number of hydrogen-bond donors (Lipinski definition) is 2. The number of hydrogen-bond acceptors (Lipinski definition) is 5. The molecule has 5 heteroatoms. The van der Waals surface area contributed by atoms with E-state index in [4.69, 9.17) is 9.84 Å². The van der Waals surface area contributed by atoms with Crippen molar-refractivity contribution in [2.75, 3.05) is 52.5 Å². The Balaban J connectivity index is 1.71. The summed E-state index contributed by atoms with van der Waals surface area (Å²) in [5, 5.41) is 19.2. The Morgan fingerprint density at radius 1 is 1.04 bits per heavy atom. The Morgan fingerprint density at radius 2 is 1.62 bits per heavy atom. The van der Waals surface area contributed by atoms with E-state index < -0.39 is 6.10 Å². The summed E-state index contributed by atoms with van der Waals surface area (Å²) in [6.45, 7) is 12.2. The van der Waals surface area contributed by atoms with Crippen LogP contribution >= 0.6 is 0 Å². The van der Waals surface area contributed by atoms with Gasteiger partial charge in [-0.2, -0.15) is 0 Å². The highest BCUT2D eigenvalue weighted by molar-refractivity contribution is 5.31. The zero-order valence-electron chi connectivity index (χ0n) is 15.2. The SMILES string of the molecule is CC(C)(C)c1ccc(OC[C@H](O)CN2CCN(CCO)CC2)cc1. The third-order valence-electron chi connectivity index (χ3n) is 4.51. The molecule has 0 amide bonds. The summed E-state index contributed by atoms with van der Waals surface area (Å²) in [6.07, 6.45) is -0.489. The normalized spacial score (nSPS) is 18.5. The molecule has 1 aromatic rings. The highest BCUT2D eigenvalue weighted by Gasteiger charge is 2.19. The molecular formula is C19H32N2O3. The molecule has 136 valence electrons. The highest BCUT2D eigenvalue weighted by Crippen LogP contribution is 2.24. The third kappa shape index (κ3) is 6.06. The molecule has 2 N–H and O–H groups in total. The van der Waals surface area contributed by atoms with Crippen LogP contribution in [0.15, 0.2) is 24.3 Å². The molecule has 0 unspecified atom stereocenters. The molecule has 1 aromatic carbocycles. The third-order valence-corrected chi connectivity index (χ3v) is 4.51. The maximum atomic E-state index is 10.2. The summed E-state index contributed by atoms with van der Waals surface area (Å²) in [5.41, 5.74) is 1.41. The monoisotopic (exact) mass is 336 g/mol. The standard InChI is InChI=1S/C19H32N2O3/c1-19(2,3)16-4-6-18(7-5-16)24-15-17(23)14-21-10-8-20(9-11-21)12-13-22/h4-7,17,22-23H,8-15H2,1-3H3/t17-/m1/s1. The Hall–Kier alpha value is -1.14. The summed E-state index contributed by atoms with van der Waals surface area (Å²) in [5.74, 6) is 0.801. The number of rotatable bonds is 7. The first-order valence-corrected chi connectivity index (χ1v) is 8.85. The predicted octanol–water partition coefficient (Wildman–Crippen LogP) is 1.33. The maximum absolute atomic E-state index is 10.2. The number of aliphatic hydroxyl groups is 2. The quantitative estimate of drug-likeness (QED) is 0.787. The molecule has 0 radical (unpaired) electrons. The van der Waals surface area contributed by atoms with E-state index in [1.165, 1.54) is 5.56 Å². The Labute approximate surface area is 145 Å². The van der Waals surface area contributed by atoms with Gasteiger partial charge in [0, 0.05) is 39.3 Å². The van der Waals surface area contributed by atoms with Crippen LogP contribution in [-0.2, 0) is 5.41 Å². The zero-order valence-corrected chi connectivity index (χ0v) is 15.2. The van der Waals surface area contributed by atoms with E-state index in [1.807, 2.05) is 12.1 Å². The van der Waals surface area contributed by atoms with Gasteiger partial charge in [0.25, 0.3) is 0 Å². The number of β-amino-alcohol motifs (C(OH)–C–C–N with tert-alkyl or cyclic N) is 2. The van der Waals surface area contributed by atoms with Crippen LogP contribution in [0.2, 0.25) is 0 Å².